The van der Waals surface area contributed by atoms with Gasteiger partial charge in [0.15, 0.2) is 5.69 Å². The molecule has 0 aliphatic carbocycles. The zero-order chi connectivity index (χ0) is 12.3. The topological polar surface area (TPSA) is 92.2 Å². The standard InChI is InChI=1S/C10H13N3O3/c1-6-4-5-7(13-12-6)8(14)11-10(2,3)9(15)16/h4-5H,1-3H3,(H,11,14)(H,15,16). The summed E-state index contributed by atoms with van der Waals surface area (Å²) in [4.78, 5) is 22.4. The van der Waals surface area contributed by atoms with Crippen LogP contribution in [0.2, 0.25) is 0 Å². The lowest BCUT2D eigenvalue weighted by Gasteiger charge is -2.20. The van der Waals surface area contributed by atoms with E-state index in [1.54, 1.807) is 13.0 Å². The number of hydrogen-bond acceptors (Lipinski definition) is 4. The number of carbonyl (C=O) groups is 2. The molecule has 1 amide bonds. The van der Waals surface area contributed by atoms with Gasteiger partial charge >= 0.3 is 5.97 Å². The van der Waals surface area contributed by atoms with Gasteiger partial charge in [0.1, 0.15) is 5.54 Å². The van der Waals surface area contributed by atoms with E-state index in [0.29, 0.717) is 5.69 Å². The van der Waals surface area contributed by atoms with Gasteiger partial charge < -0.3 is 10.4 Å². The zero-order valence-corrected chi connectivity index (χ0v) is 9.31. The van der Waals surface area contributed by atoms with Crippen LogP contribution in [0.1, 0.15) is 30.0 Å². The first-order valence-corrected chi connectivity index (χ1v) is 4.69. The van der Waals surface area contributed by atoms with Crippen molar-refractivity contribution in [3.63, 3.8) is 0 Å². The summed E-state index contributed by atoms with van der Waals surface area (Å²) in [5.41, 5.74) is -0.544. The van der Waals surface area contributed by atoms with Crippen molar-refractivity contribution in [2.24, 2.45) is 0 Å². The van der Waals surface area contributed by atoms with Crippen LogP contribution in [0.5, 0.6) is 0 Å². The molecule has 1 aromatic rings. The fourth-order valence-electron chi connectivity index (χ4n) is 0.921. The smallest absolute Gasteiger partial charge is 0.328 e. The van der Waals surface area contributed by atoms with Crippen molar-refractivity contribution in [3.8, 4) is 0 Å². The number of aromatic nitrogens is 2. The molecule has 2 N–H and O–H groups in total. The van der Waals surface area contributed by atoms with Gasteiger partial charge in [-0.1, -0.05) is 0 Å². The van der Waals surface area contributed by atoms with Crippen LogP contribution in [0.4, 0.5) is 0 Å². The second-order valence-electron chi connectivity index (χ2n) is 3.94. The SMILES string of the molecule is Cc1ccc(C(=O)NC(C)(C)C(=O)O)nn1. The van der Waals surface area contributed by atoms with Crippen LogP contribution in [0.15, 0.2) is 12.1 Å². The van der Waals surface area contributed by atoms with Crippen molar-refractivity contribution in [1.82, 2.24) is 15.5 Å². The van der Waals surface area contributed by atoms with E-state index < -0.39 is 17.4 Å². The molecule has 0 atom stereocenters. The Kier molecular flexibility index (Phi) is 3.22. The number of carboxylic acid groups (broad SMARTS) is 1. The molecule has 0 saturated carbocycles. The Morgan fingerprint density at radius 3 is 2.38 bits per heavy atom. The van der Waals surface area contributed by atoms with Crippen LogP contribution in [-0.4, -0.2) is 32.7 Å². The summed E-state index contributed by atoms with van der Waals surface area (Å²) in [7, 11) is 0. The summed E-state index contributed by atoms with van der Waals surface area (Å²) in [5.74, 6) is -1.67. The molecule has 0 fully saturated rings. The molecule has 6 nitrogen and oxygen atoms in total. The fourth-order valence-corrected chi connectivity index (χ4v) is 0.921. The van der Waals surface area contributed by atoms with Crippen molar-refractivity contribution >= 4 is 11.9 Å². The van der Waals surface area contributed by atoms with E-state index in [-0.39, 0.29) is 5.69 Å². The minimum Gasteiger partial charge on any atom is -0.480 e. The number of rotatable bonds is 3. The van der Waals surface area contributed by atoms with Gasteiger partial charge in [0.05, 0.1) is 5.69 Å². The lowest BCUT2D eigenvalue weighted by Crippen LogP contribution is -2.49. The number of amides is 1. The van der Waals surface area contributed by atoms with Gasteiger partial charge in [-0.2, -0.15) is 5.10 Å². The molecule has 1 aromatic heterocycles. The van der Waals surface area contributed by atoms with Crippen molar-refractivity contribution < 1.29 is 14.7 Å². The lowest BCUT2D eigenvalue weighted by molar-refractivity contribution is -0.143. The molecule has 0 saturated heterocycles. The molecule has 0 radical (unpaired) electrons. The summed E-state index contributed by atoms with van der Waals surface area (Å²) < 4.78 is 0. The van der Waals surface area contributed by atoms with Crippen molar-refractivity contribution in [2.75, 3.05) is 0 Å². The number of carbonyl (C=O) groups excluding carboxylic acids is 1. The molecule has 0 bridgehead atoms. The van der Waals surface area contributed by atoms with E-state index in [0.717, 1.165) is 0 Å². The molecule has 6 heteroatoms. The average molecular weight is 223 g/mol. The van der Waals surface area contributed by atoms with E-state index in [2.05, 4.69) is 15.5 Å². The van der Waals surface area contributed by atoms with Crippen molar-refractivity contribution in [1.29, 1.82) is 0 Å². The van der Waals surface area contributed by atoms with E-state index in [1.807, 2.05) is 0 Å². The Morgan fingerprint density at radius 2 is 1.94 bits per heavy atom. The Morgan fingerprint density at radius 1 is 1.31 bits per heavy atom. The van der Waals surface area contributed by atoms with E-state index in [1.165, 1.54) is 19.9 Å². The predicted octanol–water partition coefficient (Wildman–Crippen LogP) is 0.378. The molecule has 1 heterocycles. The molecular weight excluding hydrogens is 210 g/mol. The van der Waals surface area contributed by atoms with E-state index in [9.17, 15) is 9.59 Å². The number of nitrogens with zero attached hydrogens (tertiary/aromatic N) is 2. The van der Waals surface area contributed by atoms with Gasteiger partial charge in [0.2, 0.25) is 0 Å². The number of hydrogen-bond donors (Lipinski definition) is 2. The third kappa shape index (κ3) is 2.75. The molecule has 1 rings (SSSR count). The lowest BCUT2D eigenvalue weighted by atomic mass is 10.1. The third-order valence-electron chi connectivity index (χ3n) is 1.99. The predicted molar refractivity (Wildman–Crippen MR) is 56.0 cm³/mol. The van der Waals surface area contributed by atoms with Gasteiger partial charge in [0.25, 0.3) is 5.91 Å². The highest BCUT2D eigenvalue weighted by Gasteiger charge is 2.29. The summed E-state index contributed by atoms with van der Waals surface area (Å²) in [6.07, 6.45) is 0. The Hall–Kier alpha value is -1.98. The minimum absolute atomic E-state index is 0.0972. The van der Waals surface area contributed by atoms with Gasteiger partial charge in [-0.25, -0.2) is 4.79 Å². The number of aliphatic carboxylic acids is 1. The molecule has 0 aliphatic heterocycles. The number of nitrogens with one attached hydrogen (secondary N) is 1. The van der Waals surface area contributed by atoms with Crippen molar-refractivity contribution in [2.45, 2.75) is 26.3 Å². The minimum atomic E-state index is -1.33. The second kappa shape index (κ2) is 4.26. The number of carboxylic acids is 1. The number of aryl methyl sites for hydroxylation is 1. The largest absolute Gasteiger partial charge is 0.480 e. The molecule has 0 aromatic carbocycles. The first kappa shape index (κ1) is 12.1. The van der Waals surface area contributed by atoms with Crippen LogP contribution in [-0.2, 0) is 4.79 Å². The van der Waals surface area contributed by atoms with E-state index >= 15 is 0 Å². The summed E-state index contributed by atoms with van der Waals surface area (Å²) in [5, 5.41) is 18.6. The van der Waals surface area contributed by atoms with Gasteiger partial charge in [-0.05, 0) is 32.9 Å². The zero-order valence-electron chi connectivity index (χ0n) is 9.31. The second-order valence-corrected chi connectivity index (χ2v) is 3.94. The quantitative estimate of drug-likeness (QED) is 0.772. The highest BCUT2D eigenvalue weighted by Crippen LogP contribution is 2.04. The first-order chi connectivity index (χ1) is 7.33. The van der Waals surface area contributed by atoms with E-state index in [4.69, 9.17) is 5.11 Å². The molecule has 0 unspecified atom stereocenters. The summed E-state index contributed by atoms with van der Waals surface area (Å²) in [6, 6.07) is 3.13. The maximum atomic E-state index is 11.6. The maximum Gasteiger partial charge on any atom is 0.328 e. The molecule has 0 spiro atoms. The van der Waals surface area contributed by atoms with Crippen molar-refractivity contribution in [3.05, 3.63) is 23.5 Å². The fraction of sp³-hybridized carbons (Fsp3) is 0.400. The van der Waals surface area contributed by atoms with Gasteiger partial charge in [-0.15, -0.1) is 5.10 Å². The summed E-state index contributed by atoms with van der Waals surface area (Å²) in [6.45, 7) is 4.54. The summed E-state index contributed by atoms with van der Waals surface area (Å²) >= 11 is 0. The Labute approximate surface area is 92.7 Å². The Bertz CT molecular complexity index is 412. The van der Waals surface area contributed by atoms with Crippen LogP contribution in [0.3, 0.4) is 0 Å². The van der Waals surface area contributed by atoms with Crippen LogP contribution in [0.25, 0.3) is 0 Å². The molecule has 0 aliphatic rings. The molecule has 86 valence electrons. The van der Waals surface area contributed by atoms with Crippen LogP contribution >= 0.6 is 0 Å². The van der Waals surface area contributed by atoms with Crippen LogP contribution < -0.4 is 5.32 Å². The highest BCUT2D eigenvalue weighted by atomic mass is 16.4. The Balaban J connectivity index is 2.81. The normalized spacial score (nSPS) is 10.9. The maximum absolute atomic E-state index is 11.6. The third-order valence-corrected chi connectivity index (χ3v) is 1.99. The monoisotopic (exact) mass is 223 g/mol. The van der Waals surface area contributed by atoms with Crippen LogP contribution in [0, 0.1) is 6.92 Å². The van der Waals surface area contributed by atoms with Gasteiger partial charge in [-0.3, -0.25) is 4.79 Å². The van der Waals surface area contributed by atoms with Gasteiger partial charge in [0, 0.05) is 0 Å². The highest BCUT2D eigenvalue weighted by molar-refractivity contribution is 5.95. The molecule has 16 heavy (non-hydrogen) atoms. The first-order valence-electron chi connectivity index (χ1n) is 4.69. The average Bonchev–Trinajstić information content (AvgIpc) is 2.17. The molecular formula is C10H13N3O3.